The van der Waals surface area contributed by atoms with E-state index >= 15 is 0 Å². The number of hydrogen-bond acceptors (Lipinski definition) is 1. The van der Waals surface area contributed by atoms with Gasteiger partial charge in [-0.1, -0.05) is 6.82 Å². The molecule has 39 valence electrons. The molecule has 0 heterocycles. The maximum absolute atomic E-state index is 10.3. The molecule has 0 aromatic rings. The van der Waals surface area contributed by atoms with E-state index in [1.54, 1.807) is 7.05 Å². The molecule has 0 saturated heterocycles. The molecule has 1 radical (unpaired) electrons. The van der Waals surface area contributed by atoms with Crippen LogP contribution in [-0.4, -0.2) is 20.2 Å². The number of nitrogens with one attached hydrogen (secondary N) is 1. The fraction of sp³-hybridized carbons (Fsp3) is 0.750. The van der Waals surface area contributed by atoms with Gasteiger partial charge < -0.3 is 5.32 Å². The molecule has 0 bridgehead atoms. The first-order valence-electron chi connectivity index (χ1n) is 2.29. The summed E-state index contributed by atoms with van der Waals surface area (Å²) in [6.45, 7) is 1.86. The Hall–Kier alpha value is -0.465. The lowest BCUT2D eigenvalue weighted by molar-refractivity contribution is -0.118. The second kappa shape index (κ2) is 3.72. The highest BCUT2D eigenvalue weighted by Gasteiger charge is 1.91. The van der Waals surface area contributed by atoms with Gasteiger partial charge in [0.15, 0.2) is 0 Å². The average molecular weight is 97.9 g/mol. The maximum Gasteiger partial charge on any atom is 0.211 e. The Bertz CT molecular complexity index is 64.7. The summed E-state index contributed by atoms with van der Waals surface area (Å²) >= 11 is 0. The molecular formula is C4H9BNO. The zero-order valence-corrected chi connectivity index (χ0v) is 4.69. The summed E-state index contributed by atoms with van der Waals surface area (Å²) in [5.41, 5.74) is 0. The van der Waals surface area contributed by atoms with Crippen LogP contribution in [0.3, 0.4) is 0 Å². The third-order valence-corrected chi connectivity index (χ3v) is 0.668. The van der Waals surface area contributed by atoms with Crippen molar-refractivity contribution in [2.45, 2.75) is 13.1 Å². The third kappa shape index (κ3) is 3.36. The van der Waals surface area contributed by atoms with Crippen molar-refractivity contribution in [2.24, 2.45) is 0 Å². The Morgan fingerprint density at radius 2 is 2.43 bits per heavy atom. The van der Waals surface area contributed by atoms with Gasteiger partial charge in [0.1, 0.15) is 7.28 Å². The normalized spacial score (nSPS) is 7.71. The van der Waals surface area contributed by atoms with Gasteiger partial charge in [-0.2, -0.15) is 0 Å². The molecule has 0 aliphatic carbocycles. The van der Waals surface area contributed by atoms with Gasteiger partial charge in [0.25, 0.3) is 0 Å². The molecule has 0 aliphatic heterocycles. The van der Waals surface area contributed by atoms with Gasteiger partial charge in [0, 0.05) is 7.05 Å². The van der Waals surface area contributed by atoms with Crippen LogP contribution >= 0.6 is 0 Å². The topological polar surface area (TPSA) is 29.1 Å². The van der Waals surface area contributed by atoms with E-state index in [1.165, 1.54) is 0 Å². The molecule has 7 heavy (non-hydrogen) atoms. The van der Waals surface area contributed by atoms with Gasteiger partial charge in [0.05, 0.1) is 0 Å². The molecule has 0 rings (SSSR count). The lowest BCUT2D eigenvalue weighted by atomic mass is 9.78. The van der Waals surface area contributed by atoms with Gasteiger partial charge >= 0.3 is 0 Å². The number of carbonyl (C=O) groups is 1. The maximum atomic E-state index is 10.3. The highest BCUT2D eigenvalue weighted by atomic mass is 16.1. The number of rotatable bonds is 2. The monoisotopic (exact) mass is 98.1 g/mol. The molecule has 2 nitrogen and oxygen atoms in total. The van der Waals surface area contributed by atoms with E-state index in [4.69, 9.17) is 0 Å². The summed E-state index contributed by atoms with van der Waals surface area (Å²) in [4.78, 5) is 10.3. The van der Waals surface area contributed by atoms with Crippen LogP contribution in [0.5, 0.6) is 0 Å². The Morgan fingerprint density at radius 1 is 1.86 bits per heavy atom. The quantitative estimate of drug-likeness (QED) is 0.480. The van der Waals surface area contributed by atoms with E-state index in [1.807, 2.05) is 14.1 Å². The Balaban J connectivity index is 3.00. The highest BCUT2D eigenvalue weighted by molar-refractivity contribution is 6.39. The number of carbonyl (C=O) groups excluding carboxylic acids is 1. The minimum Gasteiger partial charge on any atom is -0.360 e. The molecule has 1 N–H and O–H groups in total. The summed E-state index contributed by atoms with van der Waals surface area (Å²) < 4.78 is 0. The van der Waals surface area contributed by atoms with Gasteiger partial charge in [-0.15, -0.1) is 0 Å². The van der Waals surface area contributed by atoms with Gasteiger partial charge in [-0.3, -0.25) is 4.79 Å². The van der Waals surface area contributed by atoms with E-state index in [0.29, 0.717) is 6.32 Å². The van der Waals surface area contributed by atoms with E-state index in [0.717, 1.165) is 0 Å². The van der Waals surface area contributed by atoms with Crippen LogP contribution in [0.1, 0.15) is 0 Å². The van der Waals surface area contributed by atoms with E-state index in [-0.39, 0.29) is 5.91 Å². The van der Waals surface area contributed by atoms with Crippen LogP contribution in [0.2, 0.25) is 13.1 Å². The second-order valence-electron chi connectivity index (χ2n) is 1.29. The summed E-state index contributed by atoms with van der Waals surface area (Å²) in [5.74, 6) is 0.0718. The van der Waals surface area contributed by atoms with Crippen molar-refractivity contribution in [3.63, 3.8) is 0 Å². The van der Waals surface area contributed by atoms with Gasteiger partial charge in [-0.25, -0.2) is 0 Å². The molecule has 0 unspecified atom stereocenters. The molecule has 0 spiro atoms. The van der Waals surface area contributed by atoms with Gasteiger partial charge in [-0.05, 0) is 6.32 Å². The average Bonchev–Trinajstić information content (AvgIpc) is 1.68. The molecule has 0 atom stereocenters. The summed E-state index contributed by atoms with van der Waals surface area (Å²) in [6.07, 6.45) is 0.524. The molecule has 0 fully saturated rings. The van der Waals surface area contributed by atoms with Crippen LogP contribution in [0, 0.1) is 0 Å². The van der Waals surface area contributed by atoms with E-state index < -0.39 is 0 Å². The van der Waals surface area contributed by atoms with E-state index in [2.05, 4.69) is 5.32 Å². The first kappa shape index (κ1) is 6.53. The van der Waals surface area contributed by atoms with Crippen molar-refractivity contribution in [1.29, 1.82) is 0 Å². The van der Waals surface area contributed by atoms with Crippen molar-refractivity contribution in [1.82, 2.24) is 5.32 Å². The zero-order chi connectivity index (χ0) is 5.70. The van der Waals surface area contributed by atoms with E-state index in [9.17, 15) is 4.79 Å². The first-order valence-corrected chi connectivity index (χ1v) is 2.29. The fourth-order valence-electron chi connectivity index (χ4n) is 0.287. The molecule has 3 heteroatoms. The lowest BCUT2D eigenvalue weighted by Gasteiger charge is -1.90. The standard InChI is InChI=1S/C4H9BNO/c1-5-3-4(7)6-2/h3H2,1-2H3,(H,6,7). The number of hydrogen-bond donors (Lipinski definition) is 1. The van der Waals surface area contributed by atoms with Gasteiger partial charge in [0.2, 0.25) is 5.91 Å². The SMILES string of the molecule is C[B]CC(=O)NC. The van der Waals surface area contributed by atoms with Crippen LogP contribution in [0.25, 0.3) is 0 Å². The summed E-state index contributed by atoms with van der Waals surface area (Å²) in [6, 6.07) is 0. The second-order valence-corrected chi connectivity index (χ2v) is 1.29. The molecule has 0 aromatic heterocycles. The zero-order valence-electron chi connectivity index (χ0n) is 4.69. The predicted octanol–water partition coefficient (Wildman–Crippen LogP) is -0.0970. The molecule has 0 aliphatic rings. The van der Waals surface area contributed by atoms with Crippen LogP contribution in [0.4, 0.5) is 0 Å². The fourth-order valence-corrected chi connectivity index (χ4v) is 0.287. The van der Waals surface area contributed by atoms with Crippen LogP contribution in [-0.2, 0) is 4.79 Å². The summed E-state index contributed by atoms with van der Waals surface area (Å²) in [7, 11) is 3.45. The van der Waals surface area contributed by atoms with Crippen molar-refractivity contribution < 1.29 is 4.79 Å². The van der Waals surface area contributed by atoms with Crippen molar-refractivity contribution >= 4 is 13.2 Å². The molecule has 1 amide bonds. The Labute approximate surface area is 44.5 Å². The van der Waals surface area contributed by atoms with Crippen molar-refractivity contribution in [2.75, 3.05) is 7.05 Å². The Kier molecular flexibility index (Phi) is 3.47. The van der Waals surface area contributed by atoms with Crippen LogP contribution in [0.15, 0.2) is 0 Å². The Morgan fingerprint density at radius 3 is 2.57 bits per heavy atom. The highest BCUT2D eigenvalue weighted by Crippen LogP contribution is 1.73. The number of amides is 1. The largest absolute Gasteiger partial charge is 0.360 e. The third-order valence-electron chi connectivity index (χ3n) is 0.668. The van der Waals surface area contributed by atoms with Crippen molar-refractivity contribution in [3.05, 3.63) is 0 Å². The lowest BCUT2D eigenvalue weighted by Crippen LogP contribution is -2.17. The summed E-state index contributed by atoms with van der Waals surface area (Å²) in [5, 5.41) is 2.50. The van der Waals surface area contributed by atoms with Crippen LogP contribution < -0.4 is 5.32 Å². The van der Waals surface area contributed by atoms with Crippen molar-refractivity contribution in [3.8, 4) is 0 Å². The first-order chi connectivity index (χ1) is 3.31. The minimum absolute atomic E-state index is 0.0718. The smallest absolute Gasteiger partial charge is 0.211 e. The predicted molar refractivity (Wildman–Crippen MR) is 30.5 cm³/mol. The minimum atomic E-state index is 0.0718. The molecular weight excluding hydrogens is 88.9 g/mol. The molecule has 0 saturated carbocycles. The molecule has 0 aromatic carbocycles.